The van der Waals surface area contributed by atoms with E-state index < -0.39 is 31.2 Å². The molecule has 9 rings (SSSR count). The van der Waals surface area contributed by atoms with Crippen molar-refractivity contribution in [3.63, 3.8) is 0 Å². The summed E-state index contributed by atoms with van der Waals surface area (Å²) in [6.45, 7) is 0. The molecule has 210 valence electrons. The average Bonchev–Trinajstić information content (AvgIpc) is 3.57. The molecule has 5 aromatic carbocycles. The van der Waals surface area contributed by atoms with Gasteiger partial charge in [0.2, 0.25) is 0 Å². The molecule has 3 unspecified atom stereocenters. The van der Waals surface area contributed by atoms with Crippen molar-refractivity contribution >= 4 is 83.8 Å². The smallest absolute Gasteiger partial charge is 1.00 e. The zero-order valence-corrected chi connectivity index (χ0v) is 32.2. The first-order chi connectivity index (χ1) is 20.1. The van der Waals surface area contributed by atoms with Gasteiger partial charge in [0.25, 0.3) is 0 Å². The van der Waals surface area contributed by atoms with Gasteiger partial charge in [-0.2, -0.15) is 0 Å². The third-order valence-electron chi connectivity index (χ3n) is 8.34. The number of allylic oxidation sites excluding steroid dienone is 2. The molecule has 0 N–H and O–H groups in total. The summed E-state index contributed by atoms with van der Waals surface area (Å²) in [5, 5.41) is 4.28. The van der Waals surface area contributed by atoms with E-state index >= 15 is 0 Å². The summed E-state index contributed by atoms with van der Waals surface area (Å²) in [4.78, 5) is 0. The Kier molecular flexibility index (Phi) is 9.61. The molecule has 3 atom stereocenters. The zero-order valence-electron chi connectivity index (χ0n) is 22.5. The molecule has 7 heteroatoms. The fraction of sp³-hybridized carbons (Fsp3) is 0.0556. The summed E-state index contributed by atoms with van der Waals surface area (Å²) in [5.74, 6) is 0.626. The van der Waals surface area contributed by atoms with Gasteiger partial charge in [-0.15, -0.1) is 0 Å². The molecule has 0 amide bonds. The average molecular weight is 887 g/mol. The van der Waals surface area contributed by atoms with E-state index in [1.54, 1.807) is 6.56 Å². The van der Waals surface area contributed by atoms with Gasteiger partial charge in [-0.1, -0.05) is 0 Å². The number of hydrogen-bond donors (Lipinski definition) is 0. The van der Waals surface area contributed by atoms with Crippen molar-refractivity contribution in [1.82, 2.24) is 0 Å². The summed E-state index contributed by atoms with van der Waals surface area (Å²) in [6, 6.07) is 41.0. The summed E-state index contributed by atoms with van der Waals surface area (Å²) in [5.41, 5.74) is 8.51. The molecule has 4 aliphatic rings. The van der Waals surface area contributed by atoms with E-state index in [9.17, 15) is 0 Å². The molecule has 2 heterocycles. The quantitative estimate of drug-likeness (QED) is 0.242. The van der Waals surface area contributed by atoms with Crippen LogP contribution >= 0.6 is 55.7 Å². The van der Waals surface area contributed by atoms with Gasteiger partial charge >= 0.3 is 281 Å². The van der Waals surface area contributed by atoms with E-state index in [1.807, 2.05) is 0 Å². The Hall–Kier alpha value is -1.09. The van der Waals surface area contributed by atoms with Crippen LogP contribution < -0.4 is 40.7 Å². The predicted molar refractivity (Wildman–Crippen MR) is 181 cm³/mol. The maximum atomic E-state index is 4.02. The fourth-order valence-corrected chi connectivity index (χ4v) is 14.6. The molecule has 0 aromatic heterocycles. The third-order valence-corrected chi connectivity index (χ3v) is 16.3. The molecule has 0 saturated heterocycles. The SMILES string of the molecule is Brc1ccc(P2c3ccc(cc3)C3[C]([Zr+2][C]4=Cc5cccc(Br)c5C4c4ccccc4)=Cc4c2ccc(Br)c43)cc1.[Cl-].[Cl-]. The molecule has 0 saturated carbocycles. The minimum Gasteiger partial charge on any atom is -1.00 e. The summed E-state index contributed by atoms with van der Waals surface area (Å²) in [7, 11) is -0.663. The van der Waals surface area contributed by atoms with E-state index in [0.717, 1.165) is 4.47 Å². The van der Waals surface area contributed by atoms with Gasteiger partial charge < -0.3 is 24.8 Å². The van der Waals surface area contributed by atoms with Crippen LogP contribution in [0.25, 0.3) is 12.2 Å². The van der Waals surface area contributed by atoms with Gasteiger partial charge in [0.1, 0.15) is 0 Å². The first kappa shape index (κ1) is 31.9. The second-order valence-electron chi connectivity index (χ2n) is 10.6. The standard InChI is InChI=1S/C21H12Br2P.C15H10Br.2ClH.Zr/c22-14-3-7-16(8-4-14)24-15-5-1-13(2-6-15)17-9-10-18-20(24)12-11-19(23)21(17)18;16-14-8-4-7-12-9-10-13(15(12)14)11-5-2-1-3-6-11;;;/h1-8,10-12,17H;1-9,13H;2*1H;/q;;;;+2/p-2. The van der Waals surface area contributed by atoms with Crippen LogP contribution in [0, 0.1) is 0 Å². The van der Waals surface area contributed by atoms with Crippen LogP contribution in [0.1, 0.15) is 45.2 Å². The Morgan fingerprint density at radius 1 is 0.535 bits per heavy atom. The monoisotopic (exact) mass is 882 g/mol. The molecule has 0 spiro atoms. The van der Waals surface area contributed by atoms with Crippen LogP contribution in [0.2, 0.25) is 0 Å². The number of benzene rings is 5. The molecular formula is C36H22Br3Cl2PZr. The molecule has 2 aliphatic heterocycles. The second-order valence-corrected chi connectivity index (χ2v) is 18.9. The Balaban J connectivity index is 0.00000165. The van der Waals surface area contributed by atoms with Crippen molar-refractivity contribution in [1.29, 1.82) is 0 Å². The van der Waals surface area contributed by atoms with E-state index in [4.69, 9.17) is 0 Å². The second kappa shape index (κ2) is 13.0. The van der Waals surface area contributed by atoms with Gasteiger partial charge in [0.05, 0.1) is 0 Å². The van der Waals surface area contributed by atoms with Crippen molar-refractivity contribution in [2.75, 3.05) is 0 Å². The molecule has 43 heavy (non-hydrogen) atoms. The van der Waals surface area contributed by atoms with E-state index in [0.29, 0.717) is 11.8 Å². The van der Waals surface area contributed by atoms with Crippen molar-refractivity contribution in [2.24, 2.45) is 0 Å². The molecule has 5 aromatic rings. The van der Waals surface area contributed by atoms with Crippen molar-refractivity contribution in [3.05, 3.63) is 163 Å². The largest absolute Gasteiger partial charge is 1.00 e. The van der Waals surface area contributed by atoms with Crippen LogP contribution in [0.15, 0.2) is 129 Å². The van der Waals surface area contributed by atoms with Crippen LogP contribution in [-0.2, 0) is 23.2 Å². The fourth-order valence-electron chi connectivity index (χ4n) is 6.58. The number of fused-ring (bicyclic) bond motifs is 3. The number of hydrogen-bond acceptors (Lipinski definition) is 0. The third kappa shape index (κ3) is 5.52. The van der Waals surface area contributed by atoms with Crippen molar-refractivity contribution < 1.29 is 48.0 Å². The predicted octanol–water partition coefficient (Wildman–Crippen LogP) is 3.81. The first-order valence-electron chi connectivity index (χ1n) is 13.6. The van der Waals surface area contributed by atoms with Gasteiger partial charge in [0, 0.05) is 0 Å². The van der Waals surface area contributed by atoms with Gasteiger partial charge in [-0.25, -0.2) is 0 Å². The summed E-state index contributed by atoms with van der Waals surface area (Å²) >= 11 is 10.4. The van der Waals surface area contributed by atoms with Crippen LogP contribution in [0.3, 0.4) is 0 Å². The zero-order chi connectivity index (χ0) is 27.7. The van der Waals surface area contributed by atoms with Crippen molar-refractivity contribution in [2.45, 2.75) is 11.8 Å². The molecule has 0 fully saturated rings. The van der Waals surface area contributed by atoms with Gasteiger partial charge in [0.15, 0.2) is 0 Å². The van der Waals surface area contributed by atoms with Crippen LogP contribution in [0.4, 0.5) is 0 Å². The molecule has 0 radical (unpaired) electrons. The number of halogens is 5. The molecular weight excluding hydrogens is 865 g/mol. The summed E-state index contributed by atoms with van der Waals surface area (Å²) in [6.07, 6.45) is 5.13. The van der Waals surface area contributed by atoms with Crippen LogP contribution in [0.5, 0.6) is 0 Å². The minimum atomic E-state index is -1.16. The minimum absolute atomic E-state index is 0. The maximum absolute atomic E-state index is 4.02. The van der Waals surface area contributed by atoms with E-state index in [1.165, 1.54) is 58.2 Å². The topological polar surface area (TPSA) is 0 Å². The van der Waals surface area contributed by atoms with Crippen molar-refractivity contribution in [3.8, 4) is 0 Å². The first-order valence-corrected chi connectivity index (χ1v) is 19.8. The Morgan fingerprint density at radius 3 is 1.86 bits per heavy atom. The molecule has 0 nitrogen and oxygen atoms in total. The number of rotatable bonds is 4. The molecule has 6 bridgehead atoms. The van der Waals surface area contributed by atoms with E-state index in [2.05, 4.69) is 169 Å². The summed E-state index contributed by atoms with van der Waals surface area (Å²) < 4.78 is 6.84. The van der Waals surface area contributed by atoms with Gasteiger partial charge in [-0.3, -0.25) is 0 Å². The van der Waals surface area contributed by atoms with Crippen LogP contribution in [-0.4, -0.2) is 0 Å². The normalized spacial score (nSPS) is 18.6. The maximum Gasteiger partial charge on any atom is -1.00 e. The van der Waals surface area contributed by atoms with Gasteiger partial charge in [-0.05, 0) is 0 Å². The van der Waals surface area contributed by atoms with E-state index in [-0.39, 0.29) is 24.8 Å². The Labute approximate surface area is 303 Å². The Bertz CT molecular complexity index is 1900. The molecule has 2 aliphatic carbocycles. The Morgan fingerprint density at radius 2 is 1.14 bits per heavy atom.